The normalized spacial score (nSPS) is 10.1. The van der Waals surface area contributed by atoms with Gasteiger partial charge in [0.2, 0.25) is 35.4 Å². The van der Waals surface area contributed by atoms with Gasteiger partial charge in [-0.25, -0.2) is 0 Å². The summed E-state index contributed by atoms with van der Waals surface area (Å²) in [7, 11) is 0. The molecule has 0 atom stereocenters. The van der Waals surface area contributed by atoms with Crippen molar-refractivity contribution in [3.63, 3.8) is 0 Å². The molecule has 0 spiro atoms. The van der Waals surface area contributed by atoms with Crippen molar-refractivity contribution in [3.05, 3.63) is 0 Å². The van der Waals surface area contributed by atoms with Gasteiger partial charge in [-0.1, -0.05) is 0 Å². The number of carbonyl (C=O) groups excluding carboxylic acids is 6. The molecule has 184 valence electrons. The number of nitrogens with two attached hydrogens (primary N) is 1. The van der Waals surface area contributed by atoms with E-state index in [-0.39, 0.29) is 36.1 Å². The predicted octanol–water partition coefficient (Wildman–Crippen LogP) is -10.5. The molecule has 0 fully saturated rings. The molecule has 0 aromatic rings. The number of carboxylic acid groups (broad SMARTS) is 1. The minimum absolute atomic E-state index is 0. The second-order valence-electron chi connectivity index (χ2n) is 5.97. The summed E-state index contributed by atoms with van der Waals surface area (Å²) in [4.78, 5) is 82.4. The Morgan fingerprint density at radius 3 is 1.21 bits per heavy atom. The Balaban J connectivity index is 0. The van der Waals surface area contributed by atoms with Crippen LogP contribution in [-0.4, -0.2) is 105 Å². The second kappa shape index (κ2) is 19.2. The first-order chi connectivity index (χ1) is 15.5. The van der Waals surface area contributed by atoms with E-state index < -0.39 is 93.1 Å². The Hall–Kier alpha value is -3.28. The molecule has 0 unspecified atom stereocenters. The number of amides is 6. The van der Waals surface area contributed by atoms with Gasteiger partial charge < -0.3 is 47.8 Å². The maximum absolute atomic E-state index is 11.6. The number of aliphatic carboxylic acids is 1. The molecule has 0 radical (unpaired) electrons. The van der Waals surface area contributed by atoms with E-state index in [1.807, 2.05) is 5.32 Å². The van der Waals surface area contributed by atoms with Gasteiger partial charge in [-0.15, -0.1) is 0 Å². The van der Waals surface area contributed by atoms with E-state index in [1.165, 1.54) is 0 Å². The largest absolute Gasteiger partial charge is 1.00 e. The Bertz CT molecular complexity index is 790. The van der Waals surface area contributed by atoms with E-state index in [0.29, 0.717) is 0 Å². The number of carboxylic acids is 1. The van der Waals surface area contributed by atoms with Gasteiger partial charge in [-0.3, -0.25) is 38.6 Å². The Morgan fingerprint density at radius 1 is 0.618 bits per heavy atom. The van der Waals surface area contributed by atoms with Crippen LogP contribution in [0, 0.1) is 0 Å². The van der Waals surface area contributed by atoms with Crippen molar-refractivity contribution < 1.29 is 73.3 Å². The first-order valence-electron chi connectivity index (χ1n) is 9.25. The zero-order valence-electron chi connectivity index (χ0n) is 18.4. The van der Waals surface area contributed by atoms with Gasteiger partial charge in [0.25, 0.3) is 0 Å². The molecule has 17 nitrogen and oxygen atoms in total. The average molecular weight is 496 g/mol. The molecule has 6 amide bonds. The van der Waals surface area contributed by atoms with Crippen LogP contribution in [0.3, 0.4) is 0 Å². The summed E-state index contributed by atoms with van der Waals surface area (Å²) < 4.78 is 0. The molecule has 34 heavy (non-hydrogen) atoms. The van der Waals surface area contributed by atoms with Crippen LogP contribution in [0.2, 0.25) is 0 Å². The molecule has 0 saturated heterocycles. The zero-order chi connectivity index (χ0) is 25.2. The van der Waals surface area contributed by atoms with Crippen molar-refractivity contribution in [2.75, 3.05) is 52.4 Å². The van der Waals surface area contributed by atoms with E-state index in [4.69, 9.17) is 10.8 Å². The molecule has 0 rings (SSSR count). The van der Waals surface area contributed by atoms with Gasteiger partial charge in [0.15, 0.2) is 0 Å². The number of hydrogen-bond acceptors (Lipinski definition) is 10. The number of nitrogens with zero attached hydrogens (tertiary/aromatic N) is 1. The molecule has 0 aliphatic heterocycles. The maximum atomic E-state index is 11.6. The molecular formula is C16H25N8NaO9. The maximum Gasteiger partial charge on any atom is 1.00 e. The van der Waals surface area contributed by atoms with Crippen LogP contribution in [0.5, 0.6) is 0 Å². The van der Waals surface area contributed by atoms with E-state index in [2.05, 4.69) is 31.6 Å². The van der Waals surface area contributed by atoms with Crippen molar-refractivity contribution in [1.29, 1.82) is 0 Å². The Kier molecular flexibility index (Phi) is 18.6. The third-order valence-electron chi connectivity index (χ3n) is 3.24. The molecule has 0 bridgehead atoms. The van der Waals surface area contributed by atoms with E-state index >= 15 is 0 Å². The van der Waals surface area contributed by atoms with E-state index in [0.717, 1.165) is 0 Å². The average Bonchev–Trinajstić information content (AvgIpc) is 2.78. The van der Waals surface area contributed by atoms with Crippen LogP contribution < -0.4 is 72.3 Å². The van der Waals surface area contributed by atoms with Gasteiger partial charge in [0.05, 0.1) is 32.7 Å². The van der Waals surface area contributed by atoms with Crippen molar-refractivity contribution >= 4 is 47.3 Å². The van der Waals surface area contributed by atoms with Crippen molar-refractivity contribution in [2.45, 2.75) is 0 Å². The van der Waals surface area contributed by atoms with Gasteiger partial charge >= 0.3 is 35.5 Å². The summed E-state index contributed by atoms with van der Waals surface area (Å²) in [5, 5.41) is 32.1. The number of nitrogens with one attached hydrogen (secondary N) is 6. The smallest absolute Gasteiger partial charge is 0.861 e. The summed E-state index contributed by atoms with van der Waals surface area (Å²) in [6.07, 6.45) is 0. The van der Waals surface area contributed by atoms with Gasteiger partial charge in [0.1, 0.15) is 13.1 Å². The molecule has 0 heterocycles. The van der Waals surface area contributed by atoms with Gasteiger partial charge in [-0.2, -0.15) is 0 Å². The van der Waals surface area contributed by atoms with Crippen LogP contribution in [-0.2, 0) is 33.6 Å². The zero-order valence-corrected chi connectivity index (χ0v) is 20.4. The Labute approximate surface area is 215 Å². The predicted molar refractivity (Wildman–Crippen MR) is 107 cm³/mol. The van der Waals surface area contributed by atoms with Crippen LogP contribution in [0.15, 0.2) is 4.99 Å². The quantitative estimate of drug-likeness (QED) is 0.0602. The third kappa shape index (κ3) is 19.4. The van der Waals surface area contributed by atoms with Crippen LogP contribution in [0.25, 0.3) is 0 Å². The number of hydrogen-bond donors (Lipinski definition) is 8. The van der Waals surface area contributed by atoms with Crippen LogP contribution >= 0.6 is 0 Å². The first-order valence-corrected chi connectivity index (χ1v) is 9.25. The first kappa shape index (κ1) is 32.9. The standard InChI is InChI=1S/C16H26N8O9.Na/c17-1-9(25)18-2-10(26)19-3-11(27)20-4-12(28)21-5-13(29)22-6-14(30)23-7-15(31)24-8-16(32)33;/h1-8,17H2,(H,18,25)(H,19,26)(H,20,27)(H,21,28)(H,22,29)(H,23,30)(H,24,31)(H,32,33);/q;+1/p-1. The van der Waals surface area contributed by atoms with Gasteiger partial charge in [0, 0.05) is 6.54 Å². The van der Waals surface area contributed by atoms with Crippen molar-refractivity contribution in [1.82, 2.24) is 31.9 Å². The summed E-state index contributed by atoms with van der Waals surface area (Å²) in [5.74, 6) is -6.25. The number of rotatable bonds is 15. The summed E-state index contributed by atoms with van der Waals surface area (Å²) in [6, 6.07) is 0. The van der Waals surface area contributed by atoms with E-state index in [9.17, 15) is 38.7 Å². The molecule has 0 aromatic carbocycles. The minimum atomic E-state index is -1.25. The fraction of sp³-hybridized carbons (Fsp3) is 0.500. The number of aliphatic imine (C=N–C) groups is 1. The molecule has 0 aliphatic rings. The second-order valence-corrected chi connectivity index (χ2v) is 5.97. The van der Waals surface area contributed by atoms with Crippen LogP contribution in [0.4, 0.5) is 0 Å². The van der Waals surface area contributed by atoms with Crippen molar-refractivity contribution in [2.24, 2.45) is 10.7 Å². The molecule has 0 saturated carbocycles. The molecular weight excluding hydrogens is 471 g/mol. The third-order valence-corrected chi connectivity index (χ3v) is 3.24. The SMILES string of the molecule is NCC([O-])=NCC(=O)NCC(=O)NCC(=O)NCC(=O)NCC(=O)NCC(=O)NCC(=O)O.[Na+]. The molecule has 0 aliphatic carbocycles. The monoisotopic (exact) mass is 496 g/mol. The molecule has 9 N–H and O–H groups in total. The topological polar surface area (TPSA) is 273 Å². The van der Waals surface area contributed by atoms with Crippen molar-refractivity contribution in [3.8, 4) is 0 Å². The number of carbonyl (C=O) groups is 7. The fourth-order valence-corrected chi connectivity index (χ4v) is 1.66. The summed E-state index contributed by atoms with van der Waals surface area (Å²) >= 11 is 0. The van der Waals surface area contributed by atoms with Crippen LogP contribution in [0.1, 0.15) is 0 Å². The molecule has 18 heteroatoms. The van der Waals surface area contributed by atoms with Gasteiger partial charge in [-0.05, 0) is 5.90 Å². The Morgan fingerprint density at radius 2 is 0.912 bits per heavy atom. The molecule has 0 aromatic heterocycles. The van der Waals surface area contributed by atoms with E-state index in [1.54, 1.807) is 0 Å². The minimum Gasteiger partial charge on any atom is -0.861 e. The summed E-state index contributed by atoms with van der Waals surface area (Å²) in [5.41, 5.74) is 5.01. The summed E-state index contributed by atoms with van der Waals surface area (Å²) in [6.45, 7) is -3.90. The fourth-order valence-electron chi connectivity index (χ4n) is 1.66.